The highest BCUT2D eigenvalue weighted by molar-refractivity contribution is 4.96. The fourth-order valence-corrected chi connectivity index (χ4v) is 3.84. The summed E-state index contributed by atoms with van der Waals surface area (Å²) in [5, 5.41) is 0. The first kappa shape index (κ1) is 9.17. The standard InChI is InChI=1S/C12H22N2/c13-10-2-5-11(6-3-10)14-8-9-1-4-12(14)7-9/h9-12H,1-8,13H2/t9-,10?,11?,12+/m1/s1. The van der Waals surface area contributed by atoms with Crippen molar-refractivity contribution in [2.24, 2.45) is 11.7 Å². The topological polar surface area (TPSA) is 29.3 Å². The Morgan fingerprint density at radius 1 is 0.857 bits per heavy atom. The van der Waals surface area contributed by atoms with Crippen LogP contribution < -0.4 is 5.73 Å². The van der Waals surface area contributed by atoms with Crippen molar-refractivity contribution in [2.75, 3.05) is 6.54 Å². The van der Waals surface area contributed by atoms with Gasteiger partial charge in [0.2, 0.25) is 0 Å². The first-order chi connectivity index (χ1) is 6.83. The SMILES string of the molecule is NC1CCC(N2C[C@@H]3CC[C@H]2C3)CC1. The van der Waals surface area contributed by atoms with Gasteiger partial charge in [0.1, 0.15) is 0 Å². The predicted molar refractivity (Wildman–Crippen MR) is 58.1 cm³/mol. The van der Waals surface area contributed by atoms with E-state index in [0.29, 0.717) is 6.04 Å². The number of nitrogens with zero attached hydrogens (tertiary/aromatic N) is 1. The van der Waals surface area contributed by atoms with Gasteiger partial charge < -0.3 is 5.73 Å². The van der Waals surface area contributed by atoms with Crippen LogP contribution in [0, 0.1) is 5.92 Å². The molecule has 2 bridgehead atoms. The highest BCUT2D eigenvalue weighted by Gasteiger charge is 2.41. The molecule has 0 aromatic heterocycles. The van der Waals surface area contributed by atoms with Gasteiger partial charge in [-0.2, -0.15) is 0 Å². The average molecular weight is 194 g/mol. The molecule has 2 atom stereocenters. The molecule has 80 valence electrons. The molecule has 14 heavy (non-hydrogen) atoms. The molecule has 3 fully saturated rings. The molecular weight excluding hydrogens is 172 g/mol. The molecule has 3 aliphatic rings. The lowest BCUT2D eigenvalue weighted by Gasteiger charge is -2.38. The third-order valence-corrected chi connectivity index (χ3v) is 4.66. The number of hydrogen-bond donors (Lipinski definition) is 1. The van der Waals surface area contributed by atoms with E-state index in [1.807, 2.05) is 0 Å². The maximum absolute atomic E-state index is 5.95. The van der Waals surface area contributed by atoms with Crippen molar-refractivity contribution < 1.29 is 0 Å². The number of fused-ring (bicyclic) bond motifs is 2. The number of hydrogen-bond acceptors (Lipinski definition) is 2. The fourth-order valence-electron chi connectivity index (χ4n) is 3.84. The van der Waals surface area contributed by atoms with E-state index in [0.717, 1.165) is 18.0 Å². The van der Waals surface area contributed by atoms with Crippen LogP contribution in [0.5, 0.6) is 0 Å². The molecule has 0 spiro atoms. The summed E-state index contributed by atoms with van der Waals surface area (Å²) in [6.07, 6.45) is 9.75. The Morgan fingerprint density at radius 2 is 1.57 bits per heavy atom. The summed E-state index contributed by atoms with van der Waals surface area (Å²) in [7, 11) is 0. The Bertz CT molecular complexity index is 208. The molecule has 3 rings (SSSR count). The molecule has 2 nitrogen and oxygen atoms in total. The lowest BCUT2D eigenvalue weighted by Crippen LogP contribution is -2.44. The number of nitrogens with two attached hydrogens (primary N) is 1. The normalized spacial score (nSPS) is 48.6. The number of rotatable bonds is 1. The molecule has 0 aromatic rings. The average Bonchev–Trinajstić information content (AvgIpc) is 2.80. The van der Waals surface area contributed by atoms with Crippen molar-refractivity contribution >= 4 is 0 Å². The van der Waals surface area contributed by atoms with Gasteiger partial charge >= 0.3 is 0 Å². The second-order valence-electron chi connectivity index (χ2n) is 5.60. The zero-order chi connectivity index (χ0) is 9.54. The van der Waals surface area contributed by atoms with Crippen molar-refractivity contribution in [3.8, 4) is 0 Å². The van der Waals surface area contributed by atoms with E-state index >= 15 is 0 Å². The molecule has 0 unspecified atom stereocenters. The molecule has 0 radical (unpaired) electrons. The van der Waals surface area contributed by atoms with Crippen molar-refractivity contribution in [3.05, 3.63) is 0 Å². The van der Waals surface area contributed by atoms with Crippen LogP contribution in [-0.2, 0) is 0 Å². The Morgan fingerprint density at radius 3 is 2.14 bits per heavy atom. The molecule has 2 saturated carbocycles. The Hall–Kier alpha value is -0.0800. The van der Waals surface area contributed by atoms with Crippen molar-refractivity contribution in [1.82, 2.24) is 4.90 Å². The van der Waals surface area contributed by atoms with Crippen LogP contribution in [0.3, 0.4) is 0 Å². The largest absolute Gasteiger partial charge is 0.328 e. The highest BCUT2D eigenvalue weighted by Crippen LogP contribution is 2.40. The maximum atomic E-state index is 5.95. The van der Waals surface area contributed by atoms with Gasteiger partial charge in [-0.15, -0.1) is 0 Å². The summed E-state index contributed by atoms with van der Waals surface area (Å²) in [6.45, 7) is 1.41. The zero-order valence-corrected chi connectivity index (χ0v) is 8.99. The van der Waals surface area contributed by atoms with E-state index in [-0.39, 0.29) is 0 Å². The van der Waals surface area contributed by atoms with E-state index in [1.54, 1.807) is 0 Å². The fraction of sp³-hybridized carbons (Fsp3) is 1.00. The minimum absolute atomic E-state index is 0.506. The third-order valence-electron chi connectivity index (χ3n) is 4.66. The summed E-state index contributed by atoms with van der Waals surface area (Å²) in [5.41, 5.74) is 5.95. The van der Waals surface area contributed by atoms with Gasteiger partial charge in [-0.3, -0.25) is 4.90 Å². The second kappa shape index (κ2) is 3.49. The number of likely N-dealkylation sites (tertiary alicyclic amines) is 1. The summed E-state index contributed by atoms with van der Waals surface area (Å²) < 4.78 is 0. The van der Waals surface area contributed by atoms with Gasteiger partial charge in [0.25, 0.3) is 0 Å². The van der Waals surface area contributed by atoms with E-state index in [1.165, 1.54) is 51.5 Å². The number of piperidine rings is 1. The summed E-state index contributed by atoms with van der Waals surface area (Å²) in [4.78, 5) is 2.82. The molecule has 1 aliphatic heterocycles. The van der Waals surface area contributed by atoms with E-state index < -0.39 is 0 Å². The molecule has 2 aliphatic carbocycles. The van der Waals surface area contributed by atoms with Gasteiger partial charge in [0.05, 0.1) is 0 Å². The van der Waals surface area contributed by atoms with Gasteiger partial charge in [-0.05, 0) is 50.9 Å². The highest BCUT2D eigenvalue weighted by atomic mass is 15.2. The Kier molecular flexibility index (Phi) is 2.29. The quantitative estimate of drug-likeness (QED) is 0.689. The van der Waals surface area contributed by atoms with Crippen LogP contribution in [0.1, 0.15) is 44.9 Å². The van der Waals surface area contributed by atoms with E-state index in [2.05, 4.69) is 4.90 Å². The van der Waals surface area contributed by atoms with Crippen LogP contribution >= 0.6 is 0 Å². The molecule has 2 N–H and O–H groups in total. The van der Waals surface area contributed by atoms with Gasteiger partial charge in [0, 0.05) is 24.7 Å². The monoisotopic (exact) mass is 194 g/mol. The lowest BCUT2D eigenvalue weighted by atomic mass is 9.90. The van der Waals surface area contributed by atoms with E-state index in [9.17, 15) is 0 Å². The smallest absolute Gasteiger partial charge is 0.0101 e. The maximum Gasteiger partial charge on any atom is 0.0101 e. The third kappa shape index (κ3) is 1.49. The molecule has 1 heterocycles. The Balaban J connectivity index is 1.61. The summed E-state index contributed by atoms with van der Waals surface area (Å²) in [6, 6.07) is 2.36. The lowest BCUT2D eigenvalue weighted by molar-refractivity contribution is 0.113. The molecule has 2 heteroatoms. The van der Waals surface area contributed by atoms with E-state index in [4.69, 9.17) is 5.73 Å². The van der Waals surface area contributed by atoms with Crippen molar-refractivity contribution in [2.45, 2.75) is 63.1 Å². The first-order valence-corrected chi connectivity index (χ1v) is 6.34. The Labute approximate surface area is 86.8 Å². The summed E-state index contributed by atoms with van der Waals surface area (Å²) in [5.74, 6) is 1.05. The minimum Gasteiger partial charge on any atom is -0.328 e. The van der Waals surface area contributed by atoms with Crippen molar-refractivity contribution in [3.63, 3.8) is 0 Å². The van der Waals surface area contributed by atoms with Gasteiger partial charge in [-0.25, -0.2) is 0 Å². The zero-order valence-electron chi connectivity index (χ0n) is 8.99. The molecular formula is C12H22N2. The minimum atomic E-state index is 0.506. The van der Waals surface area contributed by atoms with Gasteiger partial charge in [-0.1, -0.05) is 0 Å². The second-order valence-corrected chi connectivity index (χ2v) is 5.60. The van der Waals surface area contributed by atoms with Crippen LogP contribution in [0.4, 0.5) is 0 Å². The molecule has 0 aromatic carbocycles. The predicted octanol–water partition coefficient (Wildman–Crippen LogP) is 1.74. The van der Waals surface area contributed by atoms with Gasteiger partial charge in [0.15, 0.2) is 0 Å². The van der Waals surface area contributed by atoms with Crippen LogP contribution in [0.15, 0.2) is 0 Å². The first-order valence-electron chi connectivity index (χ1n) is 6.34. The summed E-state index contributed by atoms with van der Waals surface area (Å²) >= 11 is 0. The van der Waals surface area contributed by atoms with Crippen LogP contribution in [-0.4, -0.2) is 29.6 Å². The molecule has 1 saturated heterocycles. The molecule has 0 amide bonds. The van der Waals surface area contributed by atoms with Crippen LogP contribution in [0.25, 0.3) is 0 Å². The van der Waals surface area contributed by atoms with Crippen molar-refractivity contribution in [1.29, 1.82) is 0 Å². The van der Waals surface area contributed by atoms with Crippen LogP contribution in [0.2, 0.25) is 0 Å².